The first-order valence-electron chi connectivity index (χ1n) is 12.5. The molecule has 0 aromatic heterocycles. The molecule has 0 aliphatic carbocycles. The Labute approximate surface area is 222 Å². The average Bonchev–Trinajstić information content (AvgIpc) is 2.99. The third kappa shape index (κ3) is 6.76. The van der Waals surface area contributed by atoms with Gasteiger partial charge in [0.15, 0.2) is 0 Å². The number of hydrogen-bond donors (Lipinski definition) is 0. The summed E-state index contributed by atoms with van der Waals surface area (Å²) >= 11 is 0. The number of nitrogens with zero attached hydrogens (tertiary/aromatic N) is 3. The van der Waals surface area contributed by atoms with Crippen molar-refractivity contribution in [1.82, 2.24) is 9.80 Å². The second-order valence-corrected chi connectivity index (χ2v) is 9.05. The maximum atomic E-state index is 13.0. The second-order valence-electron chi connectivity index (χ2n) is 9.05. The van der Waals surface area contributed by atoms with Crippen LogP contribution >= 0.6 is 0 Å². The van der Waals surface area contributed by atoms with Crippen molar-refractivity contribution in [2.75, 3.05) is 46.9 Å². The zero-order chi connectivity index (χ0) is 26.9. The van der Waals surface area contributed by atoms with Crippen LogP contribution in [-0.2, 0) is 16.1 Å². The molecule has 38 heavy (non-hydrogen) atoms. The van der Waals surface area contributed by atoms with E-state index in [0.29, 0.717) is 56.0 Å². The van der Waals surface area contributed by atoms with E-state index < -0.39 is 0 Å². The molecule has 1 aliphatic rings. The number of esters is 1. The fourth-order valence-corrected chi connectivity index (χ4v) is 4.42. The van der Waals surface area contributed by atoms with Crippen molar-refractivity contribution < 1.29 is 23.8 Å². The lowest BCUT2D eigenvalue weighted by atomic mass is 10.1. The van der Waals surface area contributed by atoms with Crippen LogP contribution in [0.25, 0.3) is 0 Å². The average molecular weight is 514 g/mol. The summed E-state index contributed by atoms with van der Waals surface area (Å²) in [4.78, 5) is 28.8. The zero-order valence-corrected chi connectivity index (χ0v) is 21.6. The van der Waals surface area contributed by atoms with Gasteiger partial charge in [0.2, 0.25) is 0 Å². The third-order valence-electron chi connectivity index (χ3n) is 6.61. The molecule has 196 valence electrons. The minimum Gasteiger partial charge on any atom is -0.497 e. The van der Waals surface area contributed by atoms with Crippen molar-refractivity contribution in [2.24, 2.45) is 0 Å². The number of methoxy groups -OCH3 is 2. The highest BCUT2D eigenvalue weighted by Crippen LogP contribution is 2.25. The second kappa shape index (κ2) is 12.9. The normalized spacial score (nSPS) is 14.4. The standard InChI is InChI=1S/C30H31N3O5/c1-36-27-8-4-6-25(18-27)28(38-21-22-9-11-24(12-10-22)30(35)37-2)20-32-13-15-33(16-14-32)29(34)26-7-3-5-23(17-26)19-31/h3-12,17-18,28H,13-16,20-21H2,1-2H3. The molecular weight excluding hydrogens is 482 g/mol. The summed E-state index contributed by atoms with van der Waals surface area (Å²) in [5.74, 6) is 0.327. The van der Waals surface area contributed by atoms with Crippen molar-refractivity contribution in [3.05, 3.63) is 101 Å². The van der Waals surface area contributed by atoms with Crippen molar-refractivity contribution >= 4 is 11.9 Å². The van der Waals surface area contributed by atoms with Gasteiger partial charge in [-0.3, -0.25) is 9.69 Å². The van der Waals surface area contributed by atoms with Crippen molar-refractivity contribution in [3.8, 4) is 11.8 Å². The highest BCUT2D eigenvalue weighted by Gasteiger charge is 2.25. The van der Waals surface area contributed by atoms with Crippen LogP contribution in [0.15, 0.2) is 72.8 Å². The molecule has 4 rings (SSSR count). The van der Waals surface area contributed by atoms with Crippen molar-refractivity contribution in [1.29, 1.82) is 5.26 Å². The monoisotopic (exact) mass is 513 g/mol. The maximum Gasteiger partial charge on any atom is 0.337 e. The summed E-state index contributed by atoms with van der Waals surface area (Å²) in [5.41, 5.74) is 3.45. The number of ether oxygens (including phenoxy) is 3. The Balaban J connectivity index is 1.41. The van der Waals surface area contributed by atoms with E-state index in [9.17, 15) is 9.59 Å². The lowest BCUT2D eigenvalue weighted by molar-refractivity contribution is 0.00331. The minimum absolute atomic E-state index is 0.0576. The van der Waals surface area contributed by atoms with Crippen LogP contribution in [0.2, 0.25) is 0 Å². The van der Waals surface area contributed by atoms with Crippen LogP contribution in [0.1, 0.15) is 43.5 Å². The van der Waals surface area contributed by atoms with E-state index >= 15 is 0 Å². The molecule has 1 heterocycles. The number of carbonyl (C=O) groups is 2. The number of carbonyl (C=O) groups excluding carboxylic acids is 2. The first-order valence-corrected chi connectivity index (χ1v) is 12.5. The number of nitriles is 1. The number of piperazine rings is 1. The highest BCUT2D eigenvalue weighted by atomic mass is 16.5. The van der Waals surface area contributed by atoms with Crippen molar-refractivity contribution in [2.45, 2.75) is 12.7 Å². The highest BCUT2D eigenvalue weighted by molar-refractivity contribution is 5.94. The largest absolute Gasteiger partial charge is 0.497 e. The molecule has 1 fully saturated rings. The summed E-state index contributed by atoms with van der Waals surface area (Å²) < 4.78 is 16.6. The molecular formula is C30H31N3O5. The molecule has 1 aliphatic heterocycles. The van der Waals surface area contributed by atoms with E-state index in [1.807, 2.05) is 41.3 Å². The van der Waals surface area contributed by atoms with Gasteiger partial charge in [0, 0.05) is 38.3 Å². The Morgan fingerprint density at radius 3 is 2.34 bits per heavy atom. The van der Waals surface area contributed by atoms with Gasteiger partial charge >= 0.3 is 5.97 Å². The molecule has 8 nitrogen and oxygen atoms in total. The van der Waals surface area contributed by atoms with Gasteiger partial charge in [-0.25, -0.2) is 4.79 Å². The molecule has 1 saturated heterocycles. The van der Waals surface area contributed by atoms with E-state index in [4.69, 9.17) is 19.5 Å². The predicted molar refractivity (Wildman–Crippen MR) is 142 cm³/mol. The maximum absolute atomic E-state index is 13.0. The summed E-state index contributed by atoms with van der Waals surface area (Å²) in [5, 5.41) is 9.14. The topological polar surface area (TPSA) is 92.1 Å². The summed E-state index contributed by atoms with van der Waals surface area (Å²) in [6.07, 6.45) is -0.222. The van der Waals surface area contributed by atoms with Crippen LogP contribution in [0.5, 0.6) is 5.75 Å². The van der Waals surface area contributed by atoms with E-state index in [1.165, 1.54) is 7.11 Å². The fourth-order valence-electron chi connectivity index (χ4n) is 4.42. The van der Waals surface area contributed by atoms with Crippen LogP contribution < -0.4 is 4.74 Å². The van der Waals surface area contributed by atoms with Gasteiger partial charge < -0.3 is 19.1 Å². The van der Waals surface area contributed by atoms with Gasteiger partial charge in [-0.2, -0.15) is 5.26 Å². The Hall–Kier alpha value is -4.19. The molecule has 1 atom stereocenters. The first kappa shape index (κ1) is 26.9. The van der Waals surface area contributed by atoms with Gasteiger partial charge in [-0.1, -0.05) is 30.3 Å². The molecule has 0 radical (unpaired) electrons. The Morgan fingerprint density at radius 1 is 0.921 bits per heavy atom. The predicted octanol–water partition coefficient (Wildman–Crippen LogP) is 4.07. The van der Waals surface area contributed by atoms with Crippen LogP contribution in [0.4, 0.5) is 0 Å². The zero-order valence-electron chi connectivity index (χ0n) is 21.6. The molecule has 0 spiro atoms. The van der Waals surface area contributed by atoms with Crippen LogP contribution in [-0.4, -0.2) is 68.6 Å². The van der Waals surface area contributed by atoms with E-state index in [-0.39, 0.29) is 18.0 Å². The van der Waals surface area contributed by atoms with Gasteiger partial charge in [0.25, 0.3) is 5.91 Å². The van der Waals surface area contributed by atoms with E-state index in [1.54, 1.807) is 43.5 Å². The van der Waals surface area contributed by atoms with Gasteiger partial charge in [-0.15, -0.1) is 0 Å². The molecule has 0 bridgehead atoms. The Bertz CT molecular complexity index is 1290. The number of rotatable bonds is 9. The summed E-state index contributed by atoms with van der Waals surface area (Å²) in [6.45, 7) is 3.63. The number of hydrogen-bond acceptors (Lipinski definition) is 7. The molecule has 0 saturated carbocycles. The molecule has 1 amide bonds. The Kier molecular flexibility index (Phi) is 9.09. The van der Waals surface area contributed by atoms with Gasteiger partial charge in [0.05, 0.1) is 44.1 Å². The summed E-state index contributed by atoms with van der Waals surface area (Å²) in [6, 6.07) is 23.9. The third-order valence-corrected chi connectivity index (χ3v) is 6.61. The number of benzene rings is 3. The molecule has 8 heteroatoms. The smallest absolute Gasteiger partial charge is 0.337 e. The minimum atomic E-state index is -0.373. The number of amides is 1. The molecule has 3 aromatic carbocycles. The van der Waals surface area contributed by atoms with E-state index in [2.05, 4.69) is 11.0 Å². The molecule has 1 unspecified atom stereocenters. The van der Waals surface area contributed by atoms with E-state index in [0.717, 1.165) is 16.9 Å². The van der Waals surface area contributed by atoms with Gasteiger partial charge in [0.1, 0.15) is 5.75 Å². The lowest BCUT2D eigenvalue weighted by Crippen LogP contribution is -2.49. The fraction of sp³-hybridized carbons (Fsp3) is 0.300. The first-order chi connectivity index (χ1) is 18.5. The Morgan fingerprint density at radius 2 is 1.66 bits per heavy atom. The van der Waals surface area contributed by atoms with Crippen LogP contribution in [0, 0.1) is 11.3 Å². The van der Waals surface area contributed by atoms with Gasteiger partial charge in [-0.05, 0) is 53.6 Å². The van der Waals surface area contributed by atoms with Crippen molar-refractivity contribution in [3.63, 3.8) is 0 Å². The molecule has 0 N–H and O–H groups in total. The lowest BCUT2D eigenvalue weighted by Gasteiger charge is -2.36. The SMILES string of the molecule is COC(=O)c1ccc(COC(CN2CCN(C(=O)c3cccc(C#N)c3)CC2)c2cccc(OC)c2)cc1. The van der Waals surface area contributed by atoms with Crippen LogP contribution in [0.3, 0.4) is 0 Å². The summed E-state index contributed by atoms with van der Waals surface area (Å²) in [7, 11) is 3.00. The molecule has 3 aromatic rings. The quantitative estimate of drug-likeness (QED) is 0.398.